The lowest BCUT2D eigenvalue weighted by molar-refractivity contribution is -0.745. The Hall–Kier alpha value is -4.62. The Balaban J connectivity index is 0.942. The quantitative estimate of drug-likeness (QED) is 0.0236. The fourth-order valence-corrected chi connectivity index (χ4v) is 13.0. The van der Waals surface area contributed by atoms with Crippen LogP contribution in [0.5, 0.6) is 0 Å². The Morgan fingerprint density at radius 2 is 1.43 bits per heavy atom. The van der Waals surface area contributed by atoms with Crippen molar-refractivity contribution in [3.05, 3.63) is 62.4 Å². The van der Waals surface area contributed by atoms with Gasteiger partial charge in [-0.3, -0.25) is 51.4 Å². The molecule has 0 amide bonds. The number of aromatic nitrogens is 10. The molecule has 75 heavy (non-hydrogen) atoms. The zero-order chi connectivity index (χ0) is 54.5. The molecule has 41 heteroatoms. The number of fused-ring (bicyclic) bond motifs is 2. The predicted octanol–water partition coefficient (Wildman–Crippen LogP) is -3.58. The first kappa shape index (κ1) is 56.6. The minimum absolute atomic E-state index is 0.00828. The van der Waals surface area contributed by atoms with Gasteiger partial charge in [-0.15, -0.1) is 0 Å². The van der Waals surface area contributed by atoms with E-state index in [1.807, 2.05) is 4.98 Å². The fraction of sp³-hybridized carbons (Fsp3) is 0.588. The third-order valence-electron chi connectivity index (χ3n) is 11.8. The van der Waals surface area contributed by atoms with E-state index in [-0.39, 0.29) is 47.1 Å². The van der Waals surface area contributed by atoms with Gasteiger partial charge in [-0.25, -0.2) is 42.6 Å². The Bertz CT molecular complexity index is 3280. The van der Waals surface area contributed by atoms with Gasteiger partial charge in [-0.05, 0) is 6.42 Å². The normalized spacial score (nSPS) is 30.4. The SMILES string of the molecule is COCC[C@@H]1[C@@H](COP(=O)(O)OP(=O)(O)OP(=O)(O)OCC2O[C@@H](n3cnc4c(N)ncnc43)[C@H](OC)[C@@H]2OP(=O)(O)OC[C@H]2O[C@@H](n3ccc(=O)[nH]c3=O)[C@H](O)[C@@H]2O)OC([n+]2cn(C)c3c(=O)[nH]c(N)nc32)[C@@H]1O. The number of H-pyrrole nitrogens is 2. The predicted molar refractivity (Wildman–Crippen MR) is 242 cm³/mol. The van der Waals surface area contributed by atoms with Gasteiger partial charge >= 0.3 is 42.6 Å². The van der Waals surface area contributed by atoms with Crippen LogP contribution in [-0.2, 0) is 75.7 Å². The molecule has 16 atom stereocenters. The second kappa shape index (κ2) is 22.0. The number of aryl methyl sites for hydroxylation is 1. The van der Waals surface area contributed by atoms with Gasteiger partial charge in [0, 0.05) is 39.0 Å². The Kier molecular flexibility index (Phi) is 16.6. The summed E-state index contributed by atoms with van der Waals surface area (Å²) < 4.78 is 115. The van der Waals surface area contributed by atoms with Gasteiger partial charge in [-0.1, -0.05) is 4.98 Å². The van der Waals surface area contributed by atoms with Crippen LogP contribution in [0, 0.1) is 5.92 Å². The average Bonchev–Trinajstić information content (AvgIpc) is 4.12. The highest BCUT2D eigenvalue weighted by atomic mass is 31.3. The van der Waals surface area contributed by atoms with Crippen molar-refractivity contribution in [2.24, 2.45) is 13.0 Å². The number of imidazole rings is 2. The molecule has 414 valence electrons. The highest BCUT2D eigenvalue weighted by Gasteiger charge is 2.54. The molecule has 5 aromatic heterocycles. The molecule has 0 bridgehead atoms. The number of aliphatic hydroxyl groups excluding tert-OH is 3. The Labute approximate surface area is 417 Å². The van der Waals surface area contributed by atoms with Gasteiger partial charge in [0.15, 0.2) is 30.2 Å². The molecule has 0 spiro atoms. The molecule has 0 aromatic carbocycles. The van der Waals surface area contributed by atoms with Gasteiger partial charge < -0.3 is 70.0 Å². The topological polar surface area (TPSA) is 516 Å². The van der Waals surface area contributed by atoms with Crippen molar-refractivity contribution >= 4 is 65.4 Å². The van der Waals surface area contributed by atoms with Gasteiger partial charge in [0.25, 0.3) is 17.1 Å². The maximum absolute atomic E-state index is 13.6. The zero-order valence-electron chi connectivity index (χ0n) is 38.9. The van der Waals surface area contributed by atoms with E-state index >= 15 is 0 Å². The number of phosphoric ester groups is 3. The molecule has 6 unspecified atom stereocenters. The number of rotatable bonds is 22. The Morgan fingerprint density at radius 3 is 2.09 bits per heavy atom. The molecule has 3 saturated heterocycles. The number of nitrogens with one attached hydrogen (secondary N) is 2. The number of aromatic amines is 2. The lowest BCUT2D eigenvalue weighted by Crippen LogP contribution is -2.45. The van der Waals surface area contributed by atoms with E-state index in [0.29, 0.717) is 0 Å². The molecule has 5 aromatic rings. The molecule has 0 radical (unpaired) electrons. The summed E-state index contributed by atoms with van der Waals surface area (Å²) in [6.45, 7) is -3.17. The van der Waals surface area contributed by atoms with E-state index in [1.165, 1.54) is 34.2 Å². The molecule has 0 aliphatic carbocycles. The van der Waals surface area contributed by atoms with Crippen molar-refractivity contribution in [2.45, 2.75) is 73.9 Å². The van der Waals surface area contributed by atoms with Crippen LogP contribution < -0.4 is 32.8 Å². The summed E-state index contributed by atoms with van der Waals surface area (Å²) in [5.74, 6) is -1.28. The van der Waals surface area contributed by atoms with Gasteiger partial charge in [-0.2, -0.15) is 8.62 Å². The molecule has 3 aliphatic heterocycles. The average molecular weight is 1150 g/mol. The molecule has 0 saturated carbocycles. The maximum atomic E-state index is 13.6. The number of nitrogen functional groups attached to an aromatic ring is 2. The Morgan fingerprint density at radius 1 is 0.773 bits per heavy atom. The first-order chi connectivity index (χ1) is 35.2. The number of hydrogen-bond donors (Lipinski definition) is 11. The summed E-state index contributed by atoms with van der Waals surface area (Å²) in [5.41, 5.74) is 9.34. The minimum Gasteiger partial charge on any atom is -0.387 e. The summed E-state index contributed by atoms with van der Waals surface area (Å²) in [4.78, 5) is 99.6. The molecule has 8 heterocycles. The van der Waals surface area contributed by atoms with Crippen molar-refractivity contribution in [1.82, 2.24) is 43.6 Å². The minimum atomic E-state index is -6.18. The van der Waals surface area contributed by atoms with Crippen molar-refractivity contribution in [3.8, 4) is 0 Å². The molecule has 8 rings (SSSR count). The summed E-state index contributed by atoms with van der Waals surface area (Å²) in [5, 5.41) is 32.6. The highest BCUT2D eigenvalue weighted by Crippen LogP contribution is 2.68. The molecule has 13 N–H and O–H groups in total. The number of nitrogens with two attached hydrogens (primary N) is 2. The van der Waals surface area contributed by atoms with E-state index in [4.69, 9.17) is 53.2 Å². The maximum Gasteiger partial charge on any atom is 0.490 e. The van der Waals surface area contributed by atoms with Gasteiger partial charge in [0.1, 0.15) is 54.6 Å². The first-order valence-electron chi connectivity index (χ1n) is 21.6. The van der Waals surface area contributed by atoms with Crippen molar-refractivity contribution in [2.75, 3.05) is 52.1 Å². The van der Waals surface area contributed by atoms with Crippen LogP contribution in [0.25, 0.3) is 22.3 Å². The second-order valence-corrected chi connectivity index (χ2v) is 22.7. The van der Waals surface area contributed by atoms with Crippen LogP contribution in [0.4, 0.5) is 11.8 Å². The van der Waals surface area contributed by atoms with Crippen molar-refractivity contribution in [1.29, 1.82) is 0 Å². The lowest BCUT2D eigenvalue weighted by atomic mass is 9.95. The van der Waals surface area contributed by atoms with Crippen LogP contribution in [0.2, 0.25) is 0 Å². The summed E-state index contributed by atoms with van der Waals surface area (Å²) >= 11 is 0. The second-order valence-electron chi connectivity index (χ2n) is 16.7. The molecule has 37 nitrogen and oxygen atoms in total. The summed E-state index contributed by atoms with van der Waals surface area (Å²) in [6.07, 6.45) is -13.1. The van der Waals surface area contributed by atoms with Crippen molar-refractivity contribution < 1.29 is 108 Å². The van der Waals surface area contributed by atoms with E-state index < -0.39 is 141 Å². The van der Waals surface area contributed by atoms with Gasteiger partial charge in [0.2, 0.25) is 11.7 Å². The van der Waals surface area contributed by atoms with Crippen LogP contribution in [0.15, 0.2) is 45.6 Å². The largest absolute Gasteiger partial charge is 0.490 e. The molecular weight excluding hydrogens is 1100 g/mol. The monoisotopic (exact) mass is 1150 g/mol. The molecule has 3 fully saturated rings. The summed E-state index contributed by atoms with van der Waals surface area (Å²) in [6, 6.07) is 0.926. The lowest BCUT2D eigenvalue weighted by Gasteiger charge is -2.26. The van der Waals surface area contributed by atoms with E-state index in [2.05, 4.69) is 33.5 Å². The summed E-state index contributed by atoms with van der Waals surface area (Å²) in [7, 11) is -19.4. The zero-order valence-corrected chi connectivity index (χ0v) is 42.4. The molecule has 3 aliphatic rings. The van der Waals surface area contributed by atoms with Crippen LogP contribution >= 0.6 is 31.3 Å². The van der Waals surface area contributed by atoms with Crippen LogP contribution in [0.3, 0.4) is 0 Å². The number of methoxy groups -OCH3 is 2. The third kappa shape index (κ3) is 12.2. The van der Waals surface area contributed by atoms with Crippen LogP contribution in [-0.4, -0.2) is 168 Å². The number of aliphatic hydroxyl groups is 3. The van der Waals surface area contributed by atoms with Crippen LogP contribution in [0.1, 0.15) is 25.1 Å². The number of phosphoric acid groups is 4. The number of hydrogen-bond acceptors (Lipinski definition) is 27. The van der Waals surface area contributed by atoms with E-state index in [9.17, 15) is 67.5 Å². The number of ether oxygens (including phenoxy) is 5. The molecular formula is C34H49N12O25P4+. The fourth-order valence-electron chi connectivity index (χ4n) is 8.49. The van der Waals surface area contributed by atoms with Crippen molar-refractivity contribution in [3.63, 3.8) is 0 Å². The first-order valence-corrected chi connectivity index (χ1v) is 27.6. The van der Waals surface area contributed by atoms with Gasteiger partial charge in [0.05, 0.1) is 39.3 Å². The third-order valence-corrected chi connectivity index (χ3v) is 17.0. The smallest absolute Gasteiger partial charge is 0.387 e. The van der Waals surface area contributed by atoms with E-state index in [1.54, 1.807) is 0 Å². The number of nitrogens with zero attached hydrogens (tertiary/aromatic N) is 8. The number of anilines is 2. The van der Waals surface area contributed by atoms with E-state index in [0.717, 1.165) is 36.6 Å². The standard InChI is InChI=1S/C34H48N12O25P4/c1-43-13-46(28-20(43)29(51)42-33(36)41-28)30-21(48)14(5-7-61-2)15(66-30)8-64-73(55,56)70-75(59,60)71-74(57,58)65-10-17-24(25(62-3)32(68-17)45-12-39-19-26(35)37-11-38-27(19)45)69-72(53,54)63-9-16-22(49)23(50)31(67-16)44-6-4-18(47)40-34(44)52/h4,6,11-17,21-25,30-32,48-50H,5,7-10H2,1-3H3,(H9-,35,36,37,38,40,41,42,47,51,52,53,54,55,56,57,58,59,60)/p+1/t14-,15-,16-,17?,21-,22-,23-,24-,25-,30?,31-,32-/m1/s1. The highest BCUT2D eigenvalue weighted by molar-refractivity contribution is 7.66.